The molecule has 0 atom stereocenters. The van der Waals surface area contributed by atoms with Crippen molar-refractivity contribution in [2.45, 2.75) is 20.4 Å². The number of para-hydroxylation sites is 1. The molecule has 0 fully saturated rings. The van der Waals surface area contributed by atoms with Crippen molar-refractivity contribution in [1.29, 1.82) is 0 Å². The second-order valence-corrected chi connectivity index (χ2v) is 8.05. The lowest BCUT2D eigenvalue weighted by atomic mass is 10.2. The number of furan rings is 1. The first-order valence-corrected chi connectivity index (χ1v) is 11.4. The Hall–Kier alpha value is -3.43. The van der Waals surface area contributed by atoms with Crippen molar-refractivity contribution in [3.8, 4) is 5.75 Å². The van der Waals surface area contributed by atoms with E-state index < -0.39 is 11.9 Å². The van der Waals surface area contributed by atoms with Gasteiger partial charge in [-0.1, -0.05) is 23.5 Å². The Labute approximate surface area is 194 Å². The van der Waals surface area contributed by atoms with E-state index in [2.05, 4.69) is 4.99 Å². The van der Waals surface area contributed by atoms with Crippen molar-refractivity contribution in [2.24, 2.45) is 4.99 Å². The van der Waals surface area contributed by atoms with E-state index in [-0.39, 0.29) is 5.76 Å². The van der Waals surface area contributed by atoms with Crippen LogP contribution in [0.1, 0.15) is 34.8 Å². The van der Waals surface area contributed by atoms with Crippen molar-refractivity contribution in [1.82, 2.24) is 4.57 Å². The number of esters is 1. The molecule has 0 unspecified atom stereocenters. The van der Waals surface area contributed by atoms with Crippen molar-refractivity contribution >= 4 is 44.4 Å². The van der Waals surface area contributed by atoms with E-state index in [0.29, 0.717) is 48.1 Å². The molecule has 0 spiro atoms. The maximum absolute atomic E-state index is 13.0. The summed E-state index contributed by atoms with van der Waals surface area (Å²) in [5, 5.41) is 0.766. The first-order chi connectivity index (χ1) is 16.0. The monoisotopic (exact) mass is 468 g/mol. The zero-order chi connectivity index (χ0) is 23.4. The van der Waals surface area contributed by atoms with Crippen LogP contribution >= 0.6 is 11.3 Å². The number of amides is 1. The van der Waals surface area contributed by atoms with Gasteiger partial charge in [-0.2, -0.15) is 4.99 Å². The minimum atomic E-state index is -0.501. The second kappa shape index (κ2) is 10.0. The molecule has 2 aromatic heterocycles. The molecule has 172 valence electrons. The predicted octanol–water partition coefficient (Wildman–Crippen LogP) is 4.41. The van der Waals surface area contributed by atoms with Gasteiger partial charge < -0.3 is 23.2 Å². The van der Waals surface area contributed by atoms with Gasteiger partial charge >= 0.3 is 11.9 Å². The highest BCUT2D eigenvalue weighted by Crippen LogP contribution is 2.29. The highest BCUT2D eigenvalue weighted by molar-refractivity contribution is 7.16. The molecule has 0 radical (unpaired) electrons. The summed E-state index contributed by atoms with van der Waals surface area (Å²) in [6, 6.07) is 12.4. The molecule has 2 heterocycles. The normalized spacial score (nSPS) is 11.9. The third-order valence-electron chi connectivity index (χ3n) is 4.98. The van der Waals surface area contributed by atoms with Gasteiger partial charge in [-0.05, 0) is 44.2 Å². The summed E-state index contributed by atoms with van der Waals surface area (Å²) in [4.78, 5) is 29.8. The summed E-state index contributed by atoms with van der Waals surface area (Å²) in [6.45, 7) is 5.85. The summed E-state index contributed by atoms with van der Waals surface area (Å²) in [6.07, 6.45) is 0. The van der Waals surface area contributed by atoms with Crippen LogP contribution in [0.2, 0.25) is 0 Å². The number of hydrogen-bond donors (Lipinski definition) is 0. The van der Waals surface area contributed by atoms with E-state index in [4.69, 9.17) is 18.6 Å². The van der Waals surface area contributed by atoms with Crippen LogP contribution in [0.25, 0.3) is 21.2 Å². The van der Waals surface area contributed by atoms with Crippen molar-refractivity contribution in [3.05, 3.63) is 58.6 Å². The van der Waals surface area contributed by atoms with E-state index in [0.717, 1.165) is 15.6 Å². The summed E-state index contributed by atoms with van der Waals surface area (Å²) >= 11 is 1.31. The number of benzene rings is 2. The number of fused-ring (bicyclic) bond motifs is 2. The molecule has 0 bridgehead atoms. The lowest BCUT2D eigenvalue weighted by Gasteiger charge is -2.06. The van der Waals surface area contributed by atoms with Crippen molar-refractivity contribution in [3.63, 3.8) is 0 Å². The number of aromatic nitrogens is 1. The fraction of sp³-hybridized carbons (Fsp3) is 0.292. The average Bonchev–Trinajstić information content (AvgIpc) is 3.41. The Balaban J connectivity index is 1.78. The summed E-state index contributed by atoms with van der Waals surface area (Å²) < 4.78 is 24.4. The van der Waals surface area contributed by atoms with Gasteiger partial charge in [0.1, 0.15) is 0 Å². The van der Waals surface area contributed by atoms with Gasteiger partial charge in [-0.15, -0.1) is 0 Å². The molecule has 0 saturated carbocycles. The first-order valence-electron chi connectivity index (χ1n) is 10.6. The first kappa shape index (κ1) is 22.8. The molecule has 4 rings (SSSR count). The topological polar surface area (TPSA) is 92.3 Å². The van der Waals surface area contributed by atoms with Gasteiger partial charge in [-0.25, -0.2) is 4.79 Å². The molecular formula is C24H24N2O6S. The van der Waals surface area contributed by atoms with E-state index in [1.165, 1.54) is 18.4 Å². The van der Waals surface area contributed by atoms with Gasteiger partial charge in [-0.3, -0.25) is 4.79 Å². The Bertz CT molecular complexity index is 1380. The number of nitrogens with zero attached hydrogens (tertiary/aromatic N) is 2. The Morgan fingerprint density at radius 1 is 1.12 bits per heavy atom. The molecule has 2 aromatic carbocycles. The summed E-state index contributed by atoms with van der Waals surface area (Å²) in [5.41, 5.74) is 1.80. The number of ether oxygens (including phenoxy) is 3. The SMILES string of the molecule is CCOCCn1c(=NC(=O)c2cc3cccc(OCC)c3o2)sc2cc(C(=O)OC)ccc21. The van der Waals surface area contributed by atoms with Crippen LogP contribution in [0, 0.1) is 0 Å². The zero-order valence-electron chi connectivity index (χ0n) is 18.6. The number of hydrogen-bond acceptors (Lipinski definition) is 7. The lowest BCUT2D eigenvalue weighted by Crippen LogP contribution is -2.19. The molecule has 9 heteroatoms. The van der Waals surface area contributed by atoms with Crippen LogP contribution in [0.4, 0.5) is 0 Å². The van der Waals surface area contributed by atoms with Crippen molar-refractivity contribution in [2.75, 3.05) is 26.9 Å². The van der Waals surface area contributed by atoms with Gasteiger partial charge in [0.2, 0.25) is 0 Å². The Morgan fingerprint density at radius 3 is 2.73 bits per heavy atom. The zero-order valence-corrected chi connectivity index (χ0v) is 19.4. The Kier molecular flexibility index (Phi) is 6.90. The maximum atomic E-state index is 13.0. The molecule has 0 saturated heterocycles. The summed E-state index contributed by atoms with van der Waals surface area (Å²) in [5.74, 6) is -0.217. The van der Waals surface area contributed by atoms with E-state index in [1.807, 2.05) is 36.6 Å². The van der Waals surface area contributed by atoms with Gasteiger partial charge in [0.15, 0.2) is 21.9 Å². The molecule has 0 aliphatic rings. The third-order valence-corrected chi connectivity index (χ3v) is 6.02. The van der Waals surface area contributed by atoms with E-state index in [1.54, 1.807) is 24.3 Å². The standard InChI is InChI=1S/C24H24N2O6S/c1-4-30-12-11-26-17-10-9-16(23(28)29-3)14-20(17)33-24(26)25-22(27)19-13-15-7-6-8-18(31-5-2)21(15)32-19/h6-10,13-14H,4-5,11-12H2,1-3H3. The minimum absolute atomic E-state index is 0.126. The van der Waals surface area contributed by atoms with Crippen LogP contribution in [0.5, 0.6) is 5.75 Å². The molecule has 4 aromatic rings. The van der Waals surface area contributed by atoms with E-state index in [9.17, 15) is 9.59 Å². The smallest absolute Gasteiger partial charge is 0.337 e. The number of thiazole rings is 1. The number of methoxy groups -OCH3 is 1. The molecule has 33 heavy (non-hydrogen) atoms. The molecule has 8 nitrogen and oxygen atoms in total. The lowest BCUT2D eigenvalue weighted by molar-refractivity contribution is 0.0600. The highest BCUT2D eigenvalue weighted by atomic mass is 32.1. The maximum Gasteiger partial charge on any atom is 0.337 e. The van der Waals surface area contributed by atoms with Crippen LogP contribution < -0.4 is 9.54 Å². The fourth-order valence-electron chi connectivity index (χ4n) is 3.47. The number of carbonyl (C=O) groups excluding carboxylic acids is 2. The molecule has 0 aliphatic heterocycles. The number of carbonyl (C=O) groups is 2. The molecule has 0 N–H and O–H groups in total. The summed E-state index contributed by atoms with van der Waals surface area (Å²) in [7, 11) is 1.34. The van der Waals surface area contributed by atoms with Crippen LogP contribution in [-0.2, 0) is 16.0 Å². The number of rotatable bonds is 8. The third kappa shape index (κ3) is 4.69. The van der Waals surface area contributed by atoms with Crippen molar-refractivity contribution < 1.29 is 28.2 Å². The average molecular weight is 469 g/mol. The van der Waals surface area contributed by atoms with Crippen LogP contribution in [0.3, 0.4) is 0 Å². The largest absolute Gasteiger partial charge is 0.490 e. The molecular weight excluding hydrogens is 444 g/mol. The van der Waals surface area contributed by atoms with Crippen LogP contribution in [-0.4, -0.2) is 43.4 Å². The second-order valence-electron chi connectivity index (χ2n) is 7.04. The molecule has 1 amide bonds. The fourth-order valence-corrected chi connectivity index (χ4v) is 4.57. The van der Waals surface area contributed by atoms with Gasteiger partial charge in [0, 0.05) is 18.5 Å². The van der Waals surface area contributed by atoms with Crippen LogP contribution in [0.15, 0.2) is 51.9 Å². The van der Waals surface area contributed by atoms with E-state index >= 15 is 0 Å². The van der Waals surface area contributed by atoms with Gasteiger partial charge in [0.05, 0.1) is 36.1 Å². The quantitative estimate of drug-likeness (QED) is 0.281. The predicted molar refractivity (Wildman–Crippen MR) is 125 cm³/mol. The minimum Gasteiger partial charge on any atom is -0.490 e. The highest BCUT2D eigenvalue weighted by Gasteiger charge is 2.16. The van der Waals surface area contributed by atoms with Gasteiger partial charge in [0.25, 0.3) is 0 Å². The molecule has 0 aliphatic carbocycles. The Morgan fingerprint density at radius 2 is 1.97 bits per heavy atom.